The summed E-state index contributed by atoms with van der Waals surface area (Å²) in [4.78, 5) is 10.7. The first-order chi connectivity index (χ1) is 4.92. The highest BCUT2D eigenvalue weighted by molar-refractivity contribution is 5.76. The minimum absolute atomic E-state index is 0.383. The maximum atomic E-state index is 10.7. The maximum absolute atomic E-state index is 10.7. The van der Waals surface area contributed by atoms with Gasteiger partial charge in [-0.3, -0.25) is 4.79 Å². The van der Waals surface area contributed by atoms with E-state index in [0.29, 0.717) is 12.3 Å². The summed E-state index contributed by atoms with van der Waals surface area (Å²) in [7, 11) is 0. The van der Waals surface area contributed by atoms with Gasteiger partial charge < -0.3 is 5.11 Å². The number of carboxylic acid groups (broad SMARTS) is 1. The van der Waals surface area contributed by atoms with Gasteiger partial charge in [0.2, 0.25) is 0 Å². The fourth-order valence-electron chi connectivity index (χ4n) is 1.11. The van der Waals surface area contributed by atoms with Crippen LogP contribution in [-0.2, 0) is 4.79 Å². The van der Waals surface area contributed by atoms with E-state index in [1.165, 1.54) is 6.08 Å². The van der Waals surface area contributed by atoms with Gasteiger partial charge in [0, 0.05) is 0 Å². The number of hydrogen-bond acceptors (Lipinski definition) is 1. The van der Waals surface area contributed by atoms with Crippen LogP contribution < -0.4 is 0 Å². The third-order valence-electron chi connectivity index (χ3n) is 1.77. The van der Waals surface area contributed by atoms with Gasteiger partial charge in [0.1, 0.15) is 0 Å². The molecule has 0 rings (SSSR count). The lowest BCUT2D eigenvalue weighted by molar-refractivity contribution is -0.145. The van der Waals surface area contributed by atoms with Gasteiger partial charge in [-0.15, -0.1) is 6.58 Å². The first-order valence-electron chi connectivity index (χ1n) is 3.79. The molecule has 0 bridgehead atoms. The number of rotatable bonds is 4. The van der Waals surface area contributed by atoms with Gasteiger partial charge in [0.05, 0.1) is 5.41 Å². The van der Waals surface area contributed by atoms with Crippen LogP contribution in [0.5, 0.6) is 0 Å². The zero-order valence-corrected chi connectivity index (χ0v) is 7.42. The Morgan fingerprint density at radius 2 is 2.18 bits per heavy atom. The lowest BCUT2D eigenvalue weighted by Gasteiger charge is -2.21. The van der Waals surface area contributed by atoms with Crippen molar-refractivity contribution in [2.24, 2.45) is 11.3 Å². The highest BCUT2D eigenvalue weighted by Crippen LogP contribution is 2.27. The van der Waals surface area contributed by atoms with E-state index in [2.05, 4.69) is 6.58 Å². The molecule has 0 heterocycles. The Morgan fingerprint density at radius 1 is 1.73 bits per heavy atom. The summed E-state index contributed by atoms with van der Waals surface area (Å²) in [5.41, 5.74) is -0.756. The Bertz CT molecular complexity index is 161. The molecule has 0 fully saturated rings. The van der Waals surface area contributed by atoms with Crippen molar-refractivity contribution in [2.45, 2.75) is 27.2 Å². The number of carbonyl (C=O) groups is 1. The number of aliphatic carboxylic acids is 1. The Hall–Kier alpha value is -0.790. The second kappa shape index (κ2) is 3.56. The Labute approximate surface area is 67.9 Å². The van der Waals surface area contributed by atoms with Crippen LogP contribution in [-0.4, -0.2) is 11.1 Å². The van der Waals surface area contributed by atoms with Crippen LogP contribution in [0.15, 0.2) is 12.7 Å². The van der Waals surface area contributed by atoms with Crippen LogP contribution in [0.25, 0.3) is 0 Å². The van der Waals surface area contributed by atoms with Crippen molar-refractivity contribution in [3.05, 3.63) is 12.7 Å². The molecule has 1 N–H and O–H groups in total. The molecule has 2 nitrogen and oxygen atoms in total. The third-order valence-corrected chi connectivity index (χ3v) is 1.77. The fraction of sp³-hybridized carbons (Fsp3) is 0.667. The quantitative estimate of drug-likeness (QED) is 0.634. The molecular weight excluding hydrogens is 140 g/mol. The molecule has 0 saturated carbocycles. The van der Waals surface area contributed by atoms with Crippen molar-refractivity contribution in [2.75, 3.05) is 0 Å². The molecule has 0 spiro atoms. The molecule has 0 aliphatic rings. The molecule has 64 valence electrons. The van der Waals surface area contributed by atoms with Gasteiger partial charge in [0.25, 0.3) is 0 Å². The summed E-state index contributed by atoms with van der Waals surface area (Å²) in [6.07, 6.45) is 2.15. The number of hydrogen-bond donors (Lipinski definition) is 1. The zero-order valence-electron chi connectivity index (χ0n) is 7.42. The normalized spacial score (nSPS) is 16.0. The summed E-state index contributed by atoms with van der Waals surface area (Å²) in [6.45, 7) is 9.23. The van der Waals surface area contributed by atoms with Crippen molar-refractivity contribution in [1.29, 1.82) is 0 Å². The van der Waals surface area contributed by atoms with E-state index in [9.17, 15) is 4.79 Å². The highest BCUT2D eigenvalue weighted by atomic mass is 16.4. The number of carboxylic acids is 1. The molecule has 0 aromatic carbocycles. The van der Waals surface area contributed by atoms with E-state index < -0.39 is 11.4 Å². The molecule has 1 atom stereocenters. The molecule has 0 radical (unpaired) electrons. The summed E-state index contributed by atoms with van der Waals surface area (Å²) in [5, 5.41) is 8.81. The van der Waals surface area contributed by atoms with E-state index in [1.807, 2.05) is 13.8 Å². The molecule has 0 aromatic rings. The van der Waals surface area contributed by atoms with Gasteiger partial charge in [-0.2, -0.15) is 0 Å². The summed E-state index contributed by atoms with van der Waals surface area (Å²) in [5.74, 6) is -0.407. The molecule has 0 amide bonds. The first-order valence-corrected chi connectivity index (χ1v) is 3.79. The van der Waals surface area contributed by atoms with Gasteiger partial charge >= 0.3 is 5.97 Å². The van der Waals surface area contributed by atoms with Gasteiger partial charge in [-0.25, -0.2) is 0 Å². The molecule has 2 heteroatoms. The summed E-state index contributed by atoms with van der Waals surface area (Å²) >= 11 is 0. The smallest absolute Gasteiger partial charge is 0.313 e. The van der Waals surface area contributed by atoms with Crippen molar-refractivity contribution in [3.63, 3.8) is 0 Å². The highest BCUT2D eigenvalue weighted by Gasteiger charge is 2.29. The van der Waals surface area contributed by atoms with Crippen molar-refractivity contribution in [1.82, 2.24) is 0 Å². The lowest BCUT2D eigenvalue weighted by atomic mass is 9.82. The minimum atomic E-state index is -0.791. The predicted molar refractivity (Wildman–Crippen MR) is 45.4 cm³/mol. The second-order valence-corrected chi connectivity index (χ2v) is 3.52. The molecular formula is C9H16O2. The van der Waals surface area contributed by atoms with Crippen LogP contribution >= 0.6 is 0 Å². The summed E-state index contributed by atoms with van der Waals surface area (Å²) in [6, 6.07) is 0. The van der Waals surface area contributed by atoms with Crippen LogP contribution in [0.1, 0.15) is 27.2 Å². The summed E-state index contributed by atoms with van der Waals surface area (Å²) < 4.78 is 0. The SMILES string of the molecule is C=C[C@](C)(CC(C)C)C(=O)O. The third kappa shape index (κ3) is 2.74. The first kappa shape index (κ1) is 10.2. The van der Waals surface area contributed by atoms with Crippen LogP contribution in [0.3, 0.4) is 0 Å². The molecule has 0 aliphatic carbocycles. The standard InChI is InChI=1S/C9H16O2/c1-5-9(4,8(10)11)6-7(2)3/h5,7H,1,6H2,2-4H3,(H,10,11)/t9-/m1/s1. The van der Waals surface area contributed by atoms with Gasteiger partial charge in [0.15, 0.2) is 0 Å². The average Bonchev–Trinajstić information content (AvgIpc) is 1.86. The Balaban J connectivity index is 4.34. The lowest BCUT2D eigenvalue weighted by Crippen LogP contribution is -2.26. The fourth-order valence-corrected chi connectivity index (χ4v) is 1.11. The predicted octanol–water partition coefficient (Wildman–Crippen LogP) is 2.31. The van der Waals surface area contributed by atoms with E-state index in [4.69, 9.17) is 5.11 Å². The van der Waals surface area contributed by atoms with Gasteiger partial charge in [-0.1, -0.05) is 19.9 Å². The van der Waals surface area contributed by atoms with Crippen molar-refractivity contribution < 1.29 is 9.90 Å². The molecule has 0 unspecified atom stereocenters. The second-order valence-electron chi connectivity index (χ2n) is 3.52. The largest absolute Gasteiger partial charge is 0.481 e. The Morgan fingerprint density at radius 3 is 2.27 bits per heavy atom. The van der Waals surface area contributed by atoms with E-state index in [-0.39, 0.29) is 0 Å². The van der Waals surface area contributed by atoms with E-state index in [0.717, 1.165) is 0 Å². The Kier molecular flexibility index (Phi) is 3.30. The molecule has 11 heavy (non-hydrogen) atoms. The molecule has 0 aromatic heterocycles. The zero-order chi connectivity index (χ0) is 9.07. The average molecular weight is 156 g/mol. The maximum Gasteiger partial charge on any atom is 0.313 e. The van der Waals surface area contributed by atoms with Crippen LogP contribution in [0.2, 0.25) is 0 Å². The molecule has 0 saturated heterocycles. The van der Waals surface area contributed by atoms with Crippen LogP contribution in [0.4, 0.5) is 0 Å². The monoisotopic (exact) mass is 156 g/mol. The molecule has 0 aliphatic heterocycles. The van der Waals surface area contributed by atoms with E-state index >= 15 is 0 Å². The van der Waals surface area contributed by atoms with E-state index in [1.54, 1.807) is 6.92 Å². The van der Waals surface area contributed by atoms with Gasteiger partial charge in [-0.05, 0) is 19.3 Å². The topological polar surface area (TPSA) is 37.3 Å². The van der Waals surface area contributed by atoms with Crippen LogP contribution in [0, 0.1) is 11.3 Å². The van der Waals surface area contributed by atoms with Crippen molar-refractivity contribution >= 4 is 5.97 Å². The van der Waals surface area contributed by atoms with Crippen molar-refractivity contribution in [3.8, 4) is 0 Å². The minimum Gasteiger partial charge on any atom is -0.481 e.